The predicted octanol–water partition coefficient (Wildman–Crippen LogP) is 0.615. The summed E-state index contributed by atoms with van der Waals surface area (Å²) in [6, 6.07) is 0. The Balaban J connectivity index is 3.34. The molecule has 0 aliphatic heterocycles. The van der Waals surface area contributed by atoms with Crippen molar-refractivity contribution in [3.63, 3.8) is 0 Å². The lowest BCUT2D eigenvalue weighted by atomic mass is 10.3. The second kappa shape index (κ2) is 12.3. The molecule has 0 atom stereocenters. The average molecular weight is 231 g/mol. The van der Waals surface area contributed by atoms with Crippen molar-refractivity contribution in [1.82, 2.24) is 10.6 Å². The molecule has 2 N–H and O–H groups in total. The fourth-order valence-electron chi connectivity index (χ4n) is 1.09. The number of hydrogen-bond acceptors (Lipinski definition) is 3. The standard InChI is InChI=1S/C11H25N3O2/c1-4-5-6-13-11(12-2)14-7-8-16-10-9-15-3/h4-10H2,1-3H3,(H2,12,13,14). The molecule has 0 aromatic carbocycles. The molecule has 5 heteroatoms. The van der Waals surface area contributed by atoms with Crippen LogP contribution in [0.5, 0.6) is 0 Å². The van der Waals surface area contributed by atoms with Crippen LogP contribution in [0.15, 0.2) is 4.99 Å². The highest BCUT2D eigenvalue weighted by Gasteiger charge is 1.95. The Morgan fingerprint density at radius 1 is 1.12 bits per heavy atom. The molecule has 0 aliphatic carbocycles. The molecular weight excluding hydrogens is 206 g/mol. The lowest BCUT2D eigenvalue weighted by Gasteiger charge is -2.11. The Labute approximate surface area is 98.6 Å². The quantitative estimate of drug-likeness (QED) is 0.347. The van der Waals surface area contributed by atoms with Gasteiger partial charge in [-0.2, -0.15) is 0 Å². The van der Waals surface area contributed by atoms with Crippen LogP contribution in [0.4, 0.5) is 0 Å². The van der Waals surface area contributed by atoms with E-state index in [0.717, 1.165) is 25.5 Å². The number of guanidine groups is 1. The van der Waals surface area contributed by atoms with Gasteiger partial charge in [0, 0.05) is 27.2 Å². The van der Waals surface area contributed by atoms with Crippen LogP contribution in [-0.2, 0) is 9.47 Å². The summed E-state index contributed by atoms with van der Waals surface area (Å²) < 4.78 is 10.2. The smallest absolute Gasteiger partial charge is 0.191 e. The maximum absolute atomic E-state index is 5.32. The summed E-state index contributed by atoms with van der Waals surface area (Å²) in [5, 5.41) is 6.41. The molecule has 0 radical (unpaired) electrons. The topological polar surface area (TPSA) is 54.9 Å². The van der Waals surface area contributed by atoms with Gasteiger partial charge in [-0.3, -0.25) is 4.99 Å². The van der Waals surface area contributed by atoms with Crippen molar-refractivity contribution in [2.45, 2.75) is 19.8 Å². The maximum Gasteiger partial charge on any atom is 0.191 e. The first-order valence-electron chi connectivity index (χ1n) is 5.86. The van der Waals surface area contributed by atoms with Gasteiger partial charge in [0.05, 0.1) is 19.8 Å². The maximum atomic E-state index is 5.32. The van der Waals surface area contributed by atoms with Crippen molar-refractivity contribution in [3.8, 4) is 0 Å². The van der Waals surface area contributed by atoms with Crippen LogP contribution in [0.2, 0.25) is 0 Å². The van der Waals surface area contributed by atoms with E-state index in [-0.39, 0.29) is 0 Å². The molecule has 0 aromatic rings. The first-order valence-corrected chi connectivity index (χ1v) is 5.86. The number of methoxy groups -OCH3 is 1. The van der Waals surface area contributed by atoms with Crippen LogP contribution in [0.1, 0.15) is 19.8 Å². The van der Waals surface area contributed by atoms with Crippen molar-refractivity contribution in [1.29, 1.82) is 0 Å². The van der Waals surface area contributed by atoms with Crippen LogP contribution in [0.3, 0.4) is 0 Å². The number of rotatable bonds is 9. The first kappa shape index (κ1) is 15.2. The zero-order valence-corrected chi connectivity index (χ0v) is 10.7. The van der Waals surface area contributed by atoms with E-state index >= 15 is 0 Å². The summed E-state index contributed by atoms with van der Waals surface area (Å²) in [5.41, 5.74) is 0. The Bertz CT molecular complexity index is 175. The molecule has 0 fully saturated rings. The third-order valence-electron chi connectivity index (χ3n) is 2.02. The molecule has 0 saturated carbocycles. The summed E-state index contributed by atoms with van der Waals surface area (Å²) in [6.45, 7) is 5.83. The van der Waals surface area contributed by atoms with E-state index in [9.17, 15) is 0 Å². The Hall–Kier alpha value is -0.810. The van der Waals surface area contributed by atoms with Crippen molar-refractivity contribution >= 4 is 5.96 Å². The normalized spacial score (nSPS) is 11.6. The fraction of sp³-hybridized carbons (Fsp3) is 0.909. The van der Waals surface area contributed by atoms with Crippen molar-refractivity contribution < 1.29 is 9.47 Å². The van der Waals surface area contributed by atoms with Gasteiger partial charge in [0.2, 0.25) is 0 Å². The van der Waals surface area contributed by atoms with E-state index in [1.807, 2.05) is 0 Å². The molecule has 0 saturated heterocycles. The number of nitrogens with zero attached hydrogens (tertiary/aromatic N) is 1. The number of hydrogen-bond donors (Lipinski definition) is 2. The Morgan fingerprint density at radius 3 is 2.50 bits per heavy atom. The van der Waals surface area contributed by atoms with Gasteiger partial charge in [-0.05, 0) is 6.42 Å². The summed E-state index contributed by atoms with van der Waals surface area (Å²) in [6.07, 6.45) is 2.34. The molecule has 0 aliphatic rings. The summed E-state index contributed by atoms with van der Waals surface area (Å²) in [5.74, 6) is 0.837. The van der Waals surface area contributed by atoms with Gasteiger partial charge >= 0.3 is 0 Å². The monoisotopic (exact) mass is 231 g/mol. The minimum absolute atomic E-state index is 0.639. The van der Waals surface area contributed by atoms with Gasteiger partial charge in [0.25, 0.3) is 0 Å². The van der Waals surface area contributed by atoms with Crippen molar-refractivity contribution in [3.05, 3.63) is 0 Å². The summed E-state index contributed by atoms with van der Waals surface area (Å²) in [7, 11) is 3.44. The lowest BCUT2D eigenvalue weighted by molar-refractivity contribution is 0.0733. The highest BCUT2D eigenvalue weighted by Crippen LogP contribution is 1.82. The lowest BCUT2D eigenvalue weighted by Crippen LogP contribution is -2.39. The van der Waals surface area contributed by atoms with Crippen molar-refractivity contribution in [2.75, 3.05) is 47.1 Å². The van der Waals surface area contributed by atoms with Crippen LogP contribution in [-0.4, -0.2) is 53.0 Å². The Morgan fingerprint density at radius 2 is 1.88 bits per heavy atom. The highest BCUT2D eigenvalue weighted by molar-refractivity contribution is 5.79. The minimum Gasteiger partial charge on any atom is -0.382 e. The second-order valence-electron chi connectivity index (χ2n) is 3.38. The van der Waals surface area contributed by atoms with Gasteiger partial charge in [-0.25, -0.2) is 0 Å². The number of nitrogens with one attached hydrogen (secondary N) is 2. The molecular formula is C11H25N3O2. The molecule has 0 heterocycles. The van der Waals surface area contributed by atoms with Gasteiger partial charge < -0.3 is 20.1 Å². The molecule has 5 nitrogen and oxygen atoms in total. The van der Waals surface area contributed by atoms with E-state index in [2.05, 4.69) is 22.5 Å². The SMILES string of the molecule is CCCCNC(=NC)NCCOCCOC. The minimum atomic E-state index is 0.639. The summed E-state index contributed by atoms with van der Waals surface area (Å²) in [4.78, 5) is 4.11. The molecule has 0 rings (SSSR count). The molecule has 96 valence electrons. The second-order valence-corrected chi connectivity index (χ2v) is 3.38. The molecule has 0 spiro atoms. The van der Waals surface area contributed by atoms with E-state index in [1.54, 1.807) is 14.2 Å². The van der Waals surface area contributed by atoms with Crippen LogP contribution < -0.4 is 10.6 Å². The largest absolute Gasteiger partial charge is 0.382 e. The average Bonchev–Trinajstić information content (AvgIpc) is 2.31. The van der Waals surface area contributed by atoms with Crippen LogP contribution >= 0.6 is 0 Å². The van der Waals surface area contributed by atoms with E-state index in [1.165, 1.54) is 6.42 Å². The molecule has 0 bridgehead atoms. The van der Waals surface area contributed by atoms with Crippen LogP contribution in [0.25, 0.3) is 0 Å². The van der Waals surface area contributed by atoms with Gasteiger partial charge in [-0.1, -0.05) is 13.3 Å². The van der Waals surface area contributed by atoms with Crippen LogP contribution in [0, 0.1) is 0 Å². The molecule has 16 heavy (non-hydrogen) atoms. The molecule has 0 amide bonds. The number of unbranched alkanes of at least 4 members (excludes halogenated alkanes) is 1. The van der Waals surface area contributed by atoms with Gasteiger partial charge in [0.15, 0.2) is 5.96 Å². The van der Waals surface area contributed by atoms with E-state index < -0.39 is 0 Å². The third-order valence-corrected chi connectivity index (χ3v) is 2.02. The van der Waals surface area contributed by atoms with E-state index in [4.69, 9.17) is 9.47 Å². The molecule has 0 aromatic heterocycles. The first-order chi connectivity index (χ1) is 7.85. The number of ether oxygens (including phenoxy) is 2. The fourth-order valence-corrected chi connectivity index (χ4v) is 1.09. The summed E-state index contributed by atoms with van der Waals surface area (Å²) >= 11 is 0. The number of aliphatic imine (C=N–C) groups is 1. The zero-order chi connectivity index (χ0) is 12.1. The van der Waals surface area contributed by atoms with Gasteiger partial charge in [0.1, 0.15) is 0 Å². The third kappa shape index (κ3) is 9.73. The molecule has 0 unspecified atom stereocenters. The highest BCUT2D eigenvalue weighted by atomic mass is 16.5. The van der Waals surface area contributed by atoms with E-state index in [0.29, 0.717) is 19.8 Å². The predicted molar refractivity (Wildman–Crippen MR) is 67.0 cm³/mol. The van der Waals surface area contributed by atoms with Crippen molar-refractivity contribution in [2.24, 2.45) is 4.99 Å². The Kier molecular flexibility index (Phi) is 11.6. The van der Waals surface area contributed by atoms with Gasteiger partial charge in [-0.15, -0.1) is 0 Å². The zero-order valence-electron chi connectivity index (χ0n) is 10.7.